The molecular weight excluding hydrogens is 368 g/mol. The number of hydrogen-bond donors (Lipinski definition) is 1. The van der Waals surface area contributed by atoms with Crippen molar-refractivity contribution in [1.29, 1.82) is 0 Å². The van der Waals surface area contributed by atoms with E-state index in [-0.39, 0.29) is 6.29 Å². The van der Waals surface area contributed by atoms with Crippen LogP contribution in [0.1, 0.15) is 25.0 Å². The van der Waals surface area contributed by atoms with E-state index >= 15 is 0 Å². The third kappa shape index (κ3) is 8.38. The average molecular weight is 401 g/mol. The van der Waals surface area contributed by atoms with Crippen molar-refractivity contribution in [3.63, 3.8) is 0 Å². The lowest BCUT2D eigenvalue weighted by atomic mass is 10.1. The second kappa shape index (κ2) is 13.3. The summed E-state index contributed by atoms with van der Waals surface area (Å²) >= 11 is 5.70. The molecule has 5 heteroatoms. The summed E-state index contributed by atoms with van der Waals surface area (Å²) in [7, 11) is 0. The topological polar surface area (TPSA) is 33.7 Å². The van der Waals surface area contributed by atoms with Crippen LogP contribution in [0, 0.1) is 0 Å². The van der Waals surface area contributed by atoms with Crippen molar-refractivity contribution in [3.8, 4) is 0 Å². The summed E-state index contributed by atoms with van der Waals surface area (Å²) in [6.45, 7) is 7.44. The fourth-order valence-electron chi connectivity index (χ4n) is 2.96. The fourth-order valence-corrected chi connectivity index (χ4v) is 3.23. The molecule has 0 amide bonds. The van der Waals surface area contributed by atoms with Crippen LogP contribution in [-0.2, 0) is 22.3 Å². The van der Waals surface area contributed by atoms with Crippen molar-refractivity contribution in [2.24, 2.45) is 0 Å². The van der Waals surface area contributed by atoms with Crippen LogP contribution in [0.5, 0.6) is 0 Å². The molecule has 0 bridgehead atoms. The Morgan fingerprint density at radius 2 is 1.43 bits per heavy atom. The number of nitrogens with one attached hydrogen (secondary N) is 1. The van der Waals surface area contributed by atoms with E-state index in [4.69, 9.17) is 21.7 Å². The van der Waals surface area contributed by atoms with Gasteiger partial charge in [0.2, 0.25) is 0 Å². The van der Waals surface area contributed by atoms with Gasteiger partial charge in [-0.25, -0.2) is 0 Å². The number of benzene rings is 2. The highest BCUT2D eigenvalue weighted by atomic mass is 32.1. The van der Waals surface area contributed by atoms with E-state index in [1.54, 1.807) is 0 Å². The molecule has 0 aliphatic rings. The molecule has 0 radical (unpaired) electrons. The molecule has 4 nitrogen and oxygen atoms in total. The zero-order chi connectivity index (χ0) is 20.0. The number of nitrogens with zero attached hydrogens (tertiary/aromatic N) is 1. The van der Waals surface area contributed by atoms with E-state index in [0.717, 1.165) is 31.0 Å². The van der Waals surface area contributed by atoms with Crippen molar-refractivity contribution in [3.05, 3.63) is 71.8 Å². The summed E-state index contributed by atoms with van der Waals surface area (Å²) in [4.78, 5) is 2.16. The highest BCUT2D eigenvalue weighted by Crippen LogP contribution is 2.06. The Hall–Kier alpha value is -1.95. The number of hydrogen-bond acceptors (Lipinski definition) is 3. The largest absolute Gasteiger partial charge is 0.362 e. The van der Waals surface area contributed by atoms with Gasteiger partial charge in [0.05, 0.1) is 6.54 Å². The highest BCUT2D eigenvalue weighted by Gasteiger charge is 2.17. The minimum absolute atomic E-state index is 0.278. The van der Waals surface area contributed by atoms with Gasteiger partial charge in [-0.1, -0.05) is 60.7 Å². The minimum atomic E-state index is -0.278. The van der Waals surface area contributed by atoms with Gasteiger partial charge in [-0.05, 0) is 50.0 Å². The molecule has 0 fully saturated rings. The monoisotopic (exact) mass is 400 g/mol. The van der Waals surface area contributed by atoms with Gasteiger partial charge < -0.3 is 19.7 Å². The highest BCUT2D eigenvalue weighted by molar-refractivity contribution is 7.80. The molecule has 2 aromatic carbocycles. The fraction of sp³-hybridized carbons (Fsp3) is 0.435. The summed E-state index contributed by atoms with van der Waals surface area (Å²) in [6, 6.07) is 20.9. The quantitative estimate of drug-likeness (QED) is 0.429. The van der Waals surface area contributed by atoms with E-state index in [9.17, 15) is 0 Å². The van der Waals surface area contributed by atoms with Crippen LogP contribution in [0.4, 0.5) is 0 Å². The Morgan fingerprint density at radius 3 is 1.96 bits per heavy atom. The van der Waals surface area contributed by atoms with Gasteiger partial charge in [0.25, 0.3) is 0 Å². The molecule has 0 heterocycles. The first kappa shape index (κ1) is 22.3. The standard InChI is InChI=1S/C23H32N2O2S/c1-3-26-22(27-4-2)19-25(18-16-21-13-9-6-10-14-21)23(28)24-17-15-20-11-7-5-8-12-20/h5-14,22H,3-4,15-19H2,1-2H3,(H,24,28). The first-order chi connectivity index (χ1) is 13.7. The van der Waals surface area contributed by atoms with Crippen molar-refractivity contribution in [1.82, 2.24) is 10.2 Å². The zero-order valence-corrected chi connectivity index (χ0v) is 17.8. The van der Waals surface area contributed by atoms with Gasteiger partial charge in [0, 0.05) is 26.3 Å². The lowest BCUT2D eigenvalue weighted by molar-refractivity contribution is -0.141. The maximum atomic E-state index is 5.74. The van der Waals surface area contributed by atoms with Crippen LogP contribution in [0.15, 0.2) is 60.7 Å². The number of thiocarbonyl (C=S) groups is 1. The molecule has 2 aromatic rings. The van der Waals surface area contributed by atoms with Crippen LogP contribution >= 0.6 is 12.2 Å². The molecule has 0 aliphatic heterocycles. The van der Waals surface area contributed by atoms with E-state index in [1.165, 1.54) is 11.1 Å². The first-order valence-electron chi connectivity index (χ1n) is 10.1. The van der Waals surface area contributed by atoms with Gasteiger partial charge in [0.15, 0.2) is 11.4 Å². The molecule has 0 saturated carbocycles. The molecular formula is C23H32N2O2S. The summed E-state index contributed by atoms with van der Waals surface area (Å²) in [5.74, 6) is 0. The summed E-state index contributed by atoms with van der Waals surface area (Å²) in [5, 5.41) is 4.15. The Kier molecular flexibility index (Phi) is 10.6. The summed E-state index contributed by atoms with van der Waals surface area (Å²) < 4.78 is 11.5. The zero-order valence-electron chi connectivity index (χ0n) is 17.0. The van der Waals surface area contributed by atoms with E-state index in [2.05, 4.69) is 58.7 Å². The number of ether oxygens (including phenoxy) is 2. The molecule has 0 spiro atoms. The van der Waals surface area contributed by atoms with Crippen LogP contribution in [0.25, 0.3) is 0 Å². The molecule has 2 rings (SSSR count). The van der Waals surface area contributed by atoms with Gasteiger partial charge in [-0.3, -0.25) is 0 Å². The lowest BCUT2D eigenvalue weighted by Gasteiger charge is -2.30. The summed E-state index contributed by atoms with van der Waals surface area (Å²) in [6.07, 6.45) is 1.58. The molecule has 0 unspecified atom stereocenters. The Bertz CT molecular complexity index is 661. The molecule has 1 N–H and O–H groups in total. The summed E-state index contributed by atoms with van der Waals surface area (Å²) in [5.41, 5.74) is 2.60. The van der Waals surface area contributed by atoms with Gasteiger partial charge in [-0.15, -0.1) is 0 Å². The second-order valence-corrected chi connectivity index (χ2v) is 6.88. The van der Waals surface area contributed by atoms with Crippen molar-refractivity contribution in [2.45, 2.75) is 33.0 Å². The van der Waals surface area contributed by atoms with Crippen molar-refractivity contribution >= 4 is 17.3 Å². The first-order valence-corrected chi connectivity index (χ1v) is 10.5. The van der Waals surface area contributed by atoms with Crippen molar-refractivity contribution in [2.75, 3.05) is 32.8 Å². The third-order valence-corrected chi connectivity index (χ3v) is 4.81. The Labute approximate surface area is 174 Å². The third-order valence-electron chi connectivity index (χ3n) is 4.41. The second-order valence-electron chi connectivity index (χ2n) is 6.49. The van der Waals surface area contributed by atoms with Crippen LogP contribution in [0.3, 0.4) is 0 Å². The number of rotatable bonds is 12. The van der Waals surface area contributed by atoms with Crippen LogP contribution in [-0.4, -0.2) is 49.2 Å². The van der Waals surface area contributed by atoms with Crippen LogP contribution in [0.2, 0.25) is 0 Å². The van der Waals surface area contributed by atoms with E-state index in [1.807, 2.05) is 26.0 Å². The molecule has 0 saturated heterocycles. The Morgan fingerprint density at radius 1 is 0.893 bits per heavy atom. The van der Waals surface area contributed by atoms with Gasteiger partial charge >= 0.3 is 0 Å². The lowest BCUT2D eigenvalue weighted by Crippen LogP contribution is -2.46. The molecule has 0 aromatic heterocycles. The normalized spacial score (nSPS) is 10.8. The molecule has 0 aliphatic carbocycles. The van der Waals surface area contributed by atoms with Crippen LogP contribution < -0.4 is 5.32 Å². The molecule has 0 atom stereocenters. The minimum Gasteiger partial charge on any atom is -0.362 e. The predicted molar refractivity (Wildman–Crippen MR) is 120 cm³/mol. The SMILES string of the molecule is CCOC(CN(CCc1ccccc1)C(=S)NCCc1ccccc1)OCC. The Balaban J connectivity index is 1.93. The predicted octanol–water partition coefficient (Wildman–Crippen LogP) is 4.05. The van der Waals surface area contributed by atoms with Gasteiger partial charge in [0.1, 0.15) is 0 Å². The average Bonchev–Trinajstić information content (AvgIpc) is 2.73. The molecule has 152 valence electrons. The van der Waals surface area contributed by atoms with Crippen molar-refractivity contribution < 1.29 is 9.47 Å². The van der Waals surface area contributed by atoms with E-state index < -0.39 is 0 Å². The van der Waals surface area contributed by atoms with Gasteiger partial charge in [-0.2, -0.15) is 0 Å². The smallest absolute Gasteiger partial charge is 0.174 e. The maximum absolute atomic E-state index is 5.74. The maximum Gasteiger partial charge on any atom is 0.174 e. The molecule has 28 heavy (non-hydrogen) atoms. The van der Waals surface area contributed by atoms with E-state index in [0.29, 0.717) is 19.8 Å².